The van der Waals surface area contributed by atoms with Crippen LogP contribution in [0.15, 0.2) is 25.6 Å². The molecule has 1 aromatic carbocycles. The molecule has 0 aliphatic carbocycles. The first kappa shape index (κ1) is 15.4. The molecule has 116 valence electrons. The third-order valence-electron chi connectivity index (χ3n) is 3.29. The summed E-state index contributed by atoms with van der Waals surface area (Å²) in [6.07, 6.45) is 0. The molecule has 1 aliphatic rings. The molecule has 0 spiro atoms. The van der Waals surface area contributed by atoms with Crippen molar-refractivity contribution in [3.8, 4) is 17.1 Å². The highest BCUT2D eigenvalue weighted by Gasteiger charge is 2.24. The SMILES string of the molecule is O=C(c1nc(-c2cc(Br)c(O)c(Br)c2)no1)N1CCNCC1. The Morgan fingerprint density at radius 2 is 1.91 bits per heavy atom. The molecule has 2 aromatic rings. The summed E-state index contributed by atoms with van der Waals surface area (Å²) in [7, 11) is 0. The van der Waals surface area contributed by atoms with E-state index >= 15 is 0 Å². The van der Waals surface area contributed by atoms with Gasteiger partial charge in [0.1, 0.15) is 5.75 Å². The van der Waals surface area contributed by atoms with E-state index in [1.54, 1.807) is 17.0 Å². The number of rotatable bonds is 2. The molecule has 0 atom stereocenters. The Labute approximate surface area is 142 Å². The number of hydrogen-bond acceptors (Lipinski definition) is 6. The zero-order chi connectivity index (χ0) is 15.7. The lowest BCUT2D eigenvalue weighted by molar-refractivity contribution is 0.0685. The van der Waals surface area contributed by atoms with Crippen LogP contribution >= 0.6 is 31.9 Å². The van der Waals surface area contributed by atoms with Crippen molar-refractivity contribution >= 4 is 37.8 Å². The molecule has 1 amide bonds. The quantitative estimate of drug-likeness (QED) is 0.755. The predicted octanol–water partition coefficient (Wildman–Crippen LogP) is 2.01. The number of carbonyl (C=O) groups is 1. The first-order valence-electron chi connectivity index (χ1n) is 6.58. The van der Waals surface area contributed by atoms with Crippen LogP contribution in [0.25, 0.3) is 11.4 Å². The van der Waals surface area contributed by atoms with Crippen molar-refractivity contribution < 1.29 is 14.4 Å². The minimum Gasteiger partial charge on any atom is -0.506 e. The number of carbonyl (C=O) groups excluding carboxylic acids is 1. The Bertz CT molecular complexity index is 690. The number of nitrogens with zero attached hydrogens (tertiary/aromatic N) is 3. The molecule has 1 fully saturated rings. The van der Waals surface area contributed by atoms with E-state index in [4.69, 9.17) is 4.52 Å². The number of hydrogen-bond donors (Lipinski definition) is 2. The molecule has 2 heterocycles. The lowest BCUT2D eigenvalue weighted by Crippen LogP contribution is -2.46. The smallest absolute Gasteiger partial charge is 0.316 e. The van der Waals surface area contributed by atoms with Crippen molar-refractivity contribution in [1.82, 2.24) is 20.4 Å². The van der Waals surface area contributed by atoms with Crippen LogP contribution in [-0.2, 0) is 0 Å². The zero-order valence-electron chi connectivity index (χ0n) is 11.3. The van der Waals surface area contributed by atoms with Crippen molar-refractivity contribution in [1.29, 1.82) is 0 Å². The third-order valence-corrected chi connectivity index (χ3v) is 4.50. The molecule has 1 saturated heterocycles. The largest absolute Gasteiger partial charge is 0.506 e. The van der Waals surface area contributed by atoms with E-state index in [-0.39, 0.29) is 17.5 Å². The zero-order valence-corrected chi connectivity index (χ0v) is 14.5. The van der Waals surface area contributed by atoms with E-state index in [1.807, 2.05) is 0 Å². The Hall–Kier alpha value is -1.45. The van der Waals surface area contributed by atoms with E-state index in [9.17, 15) is 9.90 Å². The topological polar surface area (TPSA) is 91.5 Å². The van der Waals surface area contributed by atoms with Gasteiger partial charge in [-0.2, -0.15) is 4.98 Å². The van der Waals surface area contributed by atoms with Gasteiger partial charge in [0, 0.05) is 31.7 Å². The fourth-order valence-electron chi connectivity index (χ4n) is 2.13. The molecule has 0 radical (unpaired) electrons. The highest BCUT2D eigenvalue weighted by atomic mass is 79.9. The summed E-state index contributed by atoms with van der Waals surface area (Å²) in [4.78, 5) is 18.1. The molecular weight excluding hydrogens is 420 g/mol. The monoisotopic (exact) mass is 430 g/mol. The van der Waals surface area contributed by atoms with E-state index in [0.717, 1.165) is 13.1 Å². The normalized spacial score (nSPS) is 15.1. The maximum Gasteiger partial charge on any atom is 0.316 e. The average Bonchev–Trinajstić information content (AvgIpc) is 3.02. The van der Waals surface area contributed by atoms with Crippen LogP contribution in [0.2, 0.25) is 0 Å². The molecule has 22 heavy (non-hydrogen) atoms. The molecule has 0 unspecified atom stereocenters. The molecule has 0 bridgehead atoms. The lowest BCUT2D eigenvalue weighted by atomic mass is 10.2. The van der Waals surface area contributed by atoms with Crippen LogP contribution in [0.4, 0.5) is 0 Å². The van der Waals surface area contributed by atoms with Crippen LogP contribution in [-0.4, -0.2) is 52.2 Å². The van der Waals surface area contributed by atoms with Crippen molar-refractivity contribution in [3.05, 3.63) is 27.0 Å². The van der Waals surface area contributed by atoms with Crippen molar-refractivity contribution in [3.63, 3.8) is 0 Å². The lowest BCUT2D eigenvalue weighted by Gasteiger charge is -2.25. The van der Waals surface area contributed by atoms with Gasteiger partial charge in [0.2, 0.25) is 5.82 Å². The second-order valence-electron chi connectivity index (χ2n) is 4.75. The van der Waals surface area contributed by atoms with Crippen molar-refractivity contribution in [2.45, 2.75) is 0 Å². The number of nitrogens with one attached hydrogen (secondary N) is 1. The van der Waals surface area contributed by atoms with Crippen molar-refractivity contribution in [2.24, 2.45) is 0 Å². The summed E-state index contributed by atoms with van der Waals surface area (Å²) in [5, 5.41) is 16.7. The summed E-state index contributed by atoms with van der Waals surface area (Å²) in [6.45, 7) is 2.74. The Morgan fingerprint density at radius 1 is 1.27 bits per heavy atom. The van der Waals surface area contributed by atoms with E-state index in [1.165, 1.54) is 0 Å². The number of halogens is 2. The fourth-order valence-corrected chi connectivity index (χ4v) is 3.31. The van der Waals surface area contributed by atoms with Gasteiger partial charge in [-0.25, -0.2) is 0 Å². The van der Waals surface area contributed by atoms with Gasteiger partial charge in [0.05, 0.1) is 8.95 Å². The highest BCUT2D eigenvalue weighted by molar-refractivity contribution is 9.11. The van der Waals surface area contributed by atoms with Crippen LogP contribution in [0.3, 0.4) is 0 Å². The van der Waals surface area contributed by atoms with Gasteiger partial charge in [0.15, 0.2) is 0 Å². The van der Waals surface area contributed by atoms with Crippen molar-refractivity contribution in [2.75, 3.05) is 26.2 Å². The van der Waals surface area contributed by atoms with Crippen LogP contribution in [0.1, 0.15) is 10.7 Å². The van der Waals surface area contributed by atoms with Gasteiger partial charge >= 0.3 is 11.8 Å². The van der Waals surface area contributed by atoms with E-state index < -0.39 is 0 Å². The fraction of sp³-hybridized carbons (Fsp3) is 0.308. The number of piperazine rings is 1. The van der Waals surface area contributed by atoms with E-state index in [0.29, 0.717) is 33.4 Å². The number of phenolic OH excluding ortho intramolecular Hbond substituents is 1. The van der Waals surface area contributed by atoms with Gasteiger partial charge in [-0.15, -0.1) is 0 Å². The van der Waals surface area contributed by atoms with Gasteiger partial charge in [-0.1, -0.05) is 5.16 Å². The van der Waals surface area contributed by atoms with Gasteiger partial charge in [-0.3, -0.25) is 4.79 Å². The standard InChI is InChI=1S/C13H12Br2N4O3/c14-8-5-7(6-9(15)10(8)20)11-17-12(22-18-11)13(21)19-3-1-16-2-4-19/h5-6,16,20H,1-4H2. The van der Waals surface area contributed by atoms with Crippen LogP contribution < -0.4 is 5.32 Å². The molecule has 3 rings (SSSR count). The molecule has 0 saturated carbocycles. The Morgan fingerprint density at radius 3 is 2.55 bits per heavy atom. The maximum atomic E-state index is 12.3. The first-order valence-corrected chi connectivity index (χ1v) is 8.17. The summed E-state index contributed by atoms with van der Waals surface area (Å²) in [5.41, 5.74) is 0.625. The Balaban J connectivity index is 1.86. The van der Waals surface area contributed by atoms with E-state index in [2.05, 4.69) is 47.3 Å². The number of phenols is 1. The number of aromatic nitrogens is 2. The maximum absolute atomic E-state index is 12.3. The summed E-state index contributed by atoms with van der Waals surface area (Å²) in [5.74, 6) is 0.0821. The van der Waals surface area contributed by atoms with Gasteiger partial charge in [-0.05, 0) is 44.0 Å². The molecule has 7 nitrogen and oxygen atoms in total. The second kappa shape index (κ2) is 6.35. The minimum absolute atomic E-state index is 0.0304. The van der Waals surface area contributed by atoms with Crippen LogP contribution in [0.5, 0.6) is 5.75 Å². The number of benzene rings is 1. The molecule has 9 heteroatoms. The number of aromatic hydroxyl groups is 1. The summed E-state index contributed by atoms with van der Waals surface area (Å²) >= 11 is 6.49. The minimum atomic E-state index is -0.267. The molecule has 1 aliphatic heterocycles. The third kappa shape index (κ3) is 3.01. The van der Waals surface area contributed by atoms with Gasteiger partial charge in [0.25, 0.3) is 0 Å². The first-order chi connectivity index (χ1) is 10.6. The molecule has 2 N–H and O–H groups in total. The molecular formula is C13H12Br2N4O3. The predicted molar refractivity (Wildman–Crippen MR) is 85.6 cm³/mol. The summed E-state index contributed by atoms with van der Waals surface area (Å²) in [6, 6.07) is 3.31. The highest BCUT2D eigenvalue weighted by Crippen LogP contribution is 2.36. The Kier molecular flexibility index (Phi) is 4.46. The van der Waals surface area contributed by atoms with Crippen LogP contribution in [0, 0.1) is 0 Å². The van der Waals surface area contributed by atoms with Gasteiger partial charge < -0.3 is 19.8 Å². The second-order valence-corrected chi connectivity index (χ2v) is 6.46. The average molecular weight is 432 g/mol. The molecule has 1 aromatic heterocycles. The summed E-state index contributed by atoms with van der Waals surface area (Å²) < 4.78 is 6.07. The number of amides is 1.